The maximum Gasteiger partial charge on any atom is 0.335 e. The van der Waals surface area contributed by atoms with Crippen molar-refractivity contribution >= 4 is 58.7 Å². The molecule has 8 nitrogen and oxygen atoms in total. The molecule has 6 radical (unpaired) electrons. The van der Waals surface area contributed by atoms with Gasteiger partial charge in [-0.25, -0.2) is 9.69 Å². The number of hydrogen-bond acceptors (Lipinski definition) is 6. The number of ether oxygens (including phenoxy) is 2. The van der Waals surface area contributed by atoms with Gasteiger partial charge in [0, 0.05) is 41.8 Å². The van der Waals surface area contributed by atoms with Crippen LogP contribution in [0.25, 0.3) is 0 Å². The summed E-state index contributed by atoms with van der Waals surface area (Å²) in [6, 6.07) is 15.6. The van der Waals surface area contributed by atoms with E-state index in [1.54, 1.807) is 48.5 Å². The Hall–Kier alpha value is -3.88. The number of nitrogen functional groups attached to an aromatic ring is 1. The number of anilines is 4. The number of hydrogen-bond donors (Lipinski definition) is 1. The Morgan fingerprint density at radius 3 is 2.51 bits per heavy atom. The molecule has 11 heteroatoms. The highest BCUT2D eigenvalue weighted by Gasteiger charge is 2.34. The minimum atomic E-state index is -1.82. The van der Waals surface area contributed by atoms with Gasteiger partial charge >= 0.3 is 6.03 Å². The van der Waals surface area contributed by atoms with Gasteiger partial charge in [0.25, 0.3) is 0 Å². The van der Waals surface area contributed by atoms with Gasteiger partial charge in [-0.15, -0.1) is 0 Å². The van der Waals surface area contributed by atoms with E-state index in [9.17, 15) is 4.79 Å². The number of carbonyl (C=O) groups is 1. The van der Waals surface area contributed by atoms with Crippen molar-refractivity contribution in [1.82, 2.24) is 4.98 Å². The molecule has 1 fully saturated rings. The van der Waals surface area contributed by atoms with Crippen LogP contribution in [0.4, 0.5) is 27.7 Å². The van der Waals surface area contributed by atoms with Crippen LogP contribution in [-0.2, 0) is 6.54 Å². The average Bonchev–Trinajstić information content (AvgIpc) is 3.68. The van der Waals surface area contributed by atoms with Crippen LogP contribution in [0.1, 0.15) is 24.0 Å². The minimum absolute atomic E-state index is 0.289. The summed E-state index contributed by atoms with van der Waals surface area (Å²) in [5.41, 5.74) is 9.49. The fraction of sp³-hybridized carbons (Fsp3) is 0.269. The Balaban J connectivity index is 1.54. The second kappa shape index (κ2) is 9.88. The molecular formula is C26H24B3N5O3. The molecule has 3 aromatic rings. The molecule has 1 aromatic heterocycles. The Morgan fingerprint density at radius 1 is 1.11 bits per heavy atom. The monoisotopic (exact) mass is 487 g/mol. The Morgan fingerprint density at radius 2 is 1.84 bits per heavy atom. The summed E-state index contributed by atoms with van der Waals surface area (Å²) in [4.78, 5) is 25.9. The van der Waals surface area contributed by atoms with Crippen molar-refractivity contribution in [2.24, 2.45) is 10.9 Å². The normalized spacial score (nSPS) is 15.6. The fourth-order valence-corrected chi connectivity index (χ4v) is 4.08. The predicted octanol–water partition coefficient (Wildman–Crippen LogP) is 3.28. The SMILES string of the molecule is [B]C([B])([B])Oc1ccc(N2C(=O)N(c3ccc(N)c(C=NC)c3)Cc3ccc(OCC4CC4)nc32)cc1. The zero-order chi connectivity index (χ0) is 26.2. The summed E-state index contributed by atoms with van der Waals surface area (Å²) in [6.07, 6.45) is 4.00. The van der Waals surface area contributed by atoms with Crippen LogP contribution < -0.4 is 25.0 Å². The molecule has 0 unspecified atom stereocenters. The first-order chi connectivity index (χ1) is 17.7. The lowest BCUT2D eigenvalue weighted by Gasteiger charge is -2.36. The van der Waals surface area contributed by atoms with Gasteiger partial charge in [-0.2, -0.15) is 4.98 Å². The molecule has 5 rings (SSSR count). The van der Waals surface area contributed by atoms with Gasteiger partial charge in [-0.3, -0.25) is 9.89 Å². The first kappa shape index (κ1) is 24.8. The Bertz CT molecular complexity index is 1340. The van der Waals surface area contributed by atoms with Gasteiger partial charge in [-0.1, -0.05) is 0 Å². The van der Waals surface area contributed by atoms with E-state index in [-0.39, 0.29) is 6.03 Å². The third-order valence-corrected chi connectivity index (χ3v) is 6.10. The van der Waals surface area contributed by atoms with Crippen LogP contribution in [0, 0.1) is 5.92 Å². The molecular weight excluding hydrogens is 463 g/mol. The third kappa shape index (κ3) is 5.60. The molecule has 1 saturated carbocycles. The number of aromatic nitrogens is 1. The largest absolute Gasteiger partial charge is 0.516 e. The van der Waals surface area contributed by atoms with Gasteiger partial charge < -0.3 is 15.2 Å². The molecule has 2 N–H and O–H groups in total. The number of aliphatic imine (C=N–C) groups is 1. The number of benzene rings is 2. The van der Waals surface area contributed by atoms with Crippen molar-refractivity contribution in [2.75, 3.05) is 29.2 Å². The summed E-state index contributed by atoms with van der Waals surface area (Å²) in [5, 5.41) is -1.82. The highest BCUT2D eigenvalue weighted by atomic mass is 16.5. The van der Waals surface area contributed by atoms with E-state index in [0.29, 0.717) is 53.6 Å². The summed E-state index contributed by atoms with van der Waals surface area (Å²) in [7, 11) is 18.3. The predicted molar refractivity (Wildman–Crippen MR) is 148 cm³/mol. The first-order valence-electron chi connectivity index (χ1n) is 11.9. The number of carbonyl (C=O) groups excluding carboxylic acids is 1. The highest BCUT2D eigenvalue weighted by Crippen LogP contribution is 2.38. The number of nitrogens with two attached hydrogens (primary N) is 1. The quantitative estimate of drug-likeness (QED) is 0.299. The van der Waals surface area contributed by atoms with Gasteiger partial charge in [0.15, 0.2) is 0 Å². The van der Waals surface area contributed by atoms with Crippen LogP contribution in [0.5, 0.6) is 11.6 Å². The first-order valence-corrected chi connectivity index (χ1v) is 11.9. The number of urea groups is 1. The van der Waals surface area contributed by atoms with Crippen molar-refractivity contribution in [1.29, 1.82) is 0 Å². The van der Waals surface area contributed by atoms with Gasteiger partial charge in [0.05, 0.1) is 18.8 Å². The number of nitrogens with zero attached hydrogens (tertiary/aromatic N) is 4. The van der Waals surface area contributed by atoms with Crippen LogP contribution in [0.3, 0.4) is 0 Å². The van der Waals surface area contributed by atoms with Crippen LogP contribution >= 0.6 is 0 Å². The number of pyridine rings is 1. The van der Waals surface area contributed by atoms with E-state index in [1.165, 1.54) is 17.7 Å². The molecule has 180 valence electrons. The van der Waals surface area contributed by atoms with Crippen molar-refractivity contribution in [3.05, 3.63) is 65.7 Å². The standard InChI is InChI=1S/C26H24B3N5O3/c1-31-13-18-12-20(7-10-22(18)30)33-14-17-4-11-23(36-15-16-2-3-16)32-24(17)34(25(33)35)19-5-8-21(9-6-19)37-26(27,28)29/h4-13,16H,2-3,14-15,30H2,1H3. The average molecular weight is 487 g/mol. The summed E-state index contributed by atoms with van der Waals surface area (Å²) in [5.74, 6) is 1.91. The molecule has 1 aliphatic carbocycles. The lowest BCUT2D eigenvalue weighted by Crippen LogP contribution is -2.45. The van der Waals surface area contributed by atoms with Gasteiger partial charge in [-0.05, 0) is 72.6 Å². The van der Waals surface area contributed by atoms with E-state index >= 15 is 0 Å². The van der Waals surface area contributed by atoms with Crippen molar-refractivity contribution in [3.63, 3.8) is 0 Å². The molecule has 37 heavy (non-hydrogen) atoms. The zero-order valence-corrected chi connectivity index (χ0v) is 20.5. The maximum absolute atomic E-state index is 14.0. The van der Waals surface area contributed by atoms with Gasteiger partial charge in [0.2, 0.25) is 5.88 Å². The molecule has 2 amide bonds. The minimum Gasteiger partial charge on any atom is -0.516 e. The number of rotatable bonds is 8. The lowest BCUT2D eigenvalue weighted by molar-refractivity contribution is 0.252. The smallest absolute Gasteiger partial charge is 0.335 e. The van der Waals surface area contributed by atoms with E-state index in [2.05, 4.69) is 4.99 Å². The second-order valence-corrected chi connectivity index (χ2v) is 9.24. The topological polar surface area (TPSA) is 93.3 Å². The summed E-state index contributed by atoms with van der Waals surface area (Å²) < 4.78 is 11.2. The molecule has 2 aliphatic rings. The lowest BCUT2D eigenvalue weighted by atomic mass is 9.52. The van der Waals surface area contributed by atoms with E-state index in [1.807, 2.05) is 24.3 Å². The molecule has 2 aromatic carbocycles. The summed E-state index contributed by atoms with van der Waals surface area (Å²) >= 11 is 0. The maximum atomic E-state index is 14.0. The van der Waals surface area contributed by atoms with E-state index in [0.717, 1.165) is 11.1 Å². The van der Waals surface area contributed by atoms with Crippen LogP contribution in [0.15, 0.2) is 59.6 Å². The third-order valence-electron chi connectivity index (χ3n) is 6.10. The zero-order valence-electron chi connectivity index (χ0n) is 20.5. The highest BCUT2D eigenvalue weighted by molar-refractivity contribution is 6.58. The Kier molecular flexibility index (Phi) is 6.62. The molecule has 2 heterocycles. The molecule has 0 atom stereocenters. The van der Waals surface area contributed by atoms with Crippen molar-refractivity contribution < 1.29 is 14.3 Å². The van der Waals surface area contributed by atoms with E-state index < -0.39 is 5.30 Å². The van der Waals surface area contributed by atoms with Crippen molar-refractivity contribution in [3.8, 4) is 11.6 Å². The van der Waals surface area contributed by atoms with E-state index in [4.69, 9.17) is 43.7 Å². The molecule has 1 aliphatic heterocycles. The van der Waals surface area contributed by atoms with Crippen molar-refractivity contribution in [2.45, 2.75) is 24.7 Å². The number of fused-ring (bicyclic) bond motifs is 1. The molecule has 0 saturated heterocycles. The fourth-order valence-electron chi connectivity index (χ4n) is 4.08. The second-order valence-electron chi connectivity index (χ2n) is 9.24. The molecule has 0 bridgehead atoms. The van der Waals surface area contributed by atoms with Crippen LogP contribution in [-0.4, -0.2) is 59.7 Å². The summed E-state index contributed by atoms with van der Waals surface area (Å²) in [6.45, 7) is 0.939. The van der Waals surface area contributed by atoms with Crippen LogP contribution in [0.2, 0.25) is 0 Å². The van der Waals surface area contributed by atoms with Gasteiger partial charge in [0.1, 0.15) is 35.1 Å². The Labute approximate surface area is 220 Å². The molecule has 0 spiro atoms. The number of amides is 2.